The molecule has 0 unspecified atom stereocenters. The lowest BCUT2D eigenvalue weighted by Crippen LogP contribution is -2.22. The highest BCUT2D eigenvalue weighted by molar-refractivity contribution is 6.07. The van der Waals surface area contributed by atoms with Gasteiger partial charge in [0.25, 0.3) is 5.91 Å². The summed E-state index contributed by atoms with van der Waals surface area (Å²) in [5.41, 5.74) is 5.56. The summed E-state index contributed by atoms with van der Waals surface area (Å²) in [6.07, 6.45) is 6.04. The minimum absolute atomic E-state index is 0.368. The number of para-hydroxylation sites is 1. The topological polar surface area (TPSA) is 81.4 Å². The van der Waals surface area contributed by atoms with Crippen molar-refractivity contribution in [3.05, 3.63) is 95.1 Å². The van der Waals surface area contributed by atoms with E-state index in [-0.39, 0.29) is 12.5 Å². The van der Waals surface area contributed by atoms with E-state index < -0.39 is 5.97 Å². The van der Waals surface area contributed by atoms with Crippen molar-refractivity contribution in [3.63, 3.8) is 0 Å². The molecule has 0 radical (unpaired) electrons. The Morgan fingerprint density at radius 2 is 1.97 bits per heavy atom. The van der Waals surface area contributed by atoms with Crippen LogP contribution in [0.3, 0.4) is 0 Å². The van der Waals surface area contributed by atoms with Crippen LogP contribution in [0.4, 0.5) is 5.69 Å². The van der Waals surface area contributed by atoms with Crippen LogP contribution >= 0.6 is 0 Å². The molecule has 1 N–H and O–H groups in total. The lowest BCUT2D eigenvalue weighted by molar-refractivity contribution is -0.119. The first kappa shape index (κ1) is 21.6. The average Bonchev–Trinajstić information content (AvgIpc) is 3.34. The van der Waals surface area contributed by atoms with Crippen LogP contribution in [-0.2, 0) is 16.0 Å². The minimum atomic E-state index is -0.520. The number of furan rings is 1. The summed E-state index contributed by atoms with van der Waals surface area (Å²) in [6, 6.07) is 18.7. The highest BCUT2D eigenvalue weighted by Gasteiger charge is 2.26. The third-order valence-electron chi connectivity index (χ3n) is 5.87. The van der Waals surface area contributed by atoms with Crippen molar-refractivity contribution in [1.82, 2.24) is 4.98 Å². The summed E-state index contributed by atoms with van der Waals surface area (Å²) in [5.74, 6) is -0.159. The number of hydrogen-bond donors (Lipinski definition) is 1. The van der Waals surface area contributed by atoms with E-state index in [2.05, 4.69) is 5.32 Å². The molecular weight excluding hydrogens is 428 g/mol. The van der Waals surface area contributed by atoms with Crippen molar-refractivity contribution >= 4 is 40.1 Å². The molecule has 0 saturated heterocycles. The molecule has 2 heterocycles. The van der Waals surface area contributed by atoms with Crippen LogP contribution in [0, 0.1) is 6.92 Å². The molecule has 6 nitrogen and oxygen atoms in total. The van der Waals surface area contributed by atoms with Crippen molar-refractivity contribution < 1.29 is 18.7 Å². The lowest BCUT2D eigenvalue weighted by Gasteiger charge is -2.22. The Labute approximate surface area is 197 Å². The van der Waals surface area contributed by atoms with Crippen molar-refractivity contribution in [2.75, 3.05) is 11.9 Å². The van der Waals surface area contributed by atoms with E-state index in [1.54, 1.807) is 12.3 Å². The van der Waals surface area contributed by atoms with Gasteiger partial charge in [0.15, 0.2) is 6.61 Å². The van der Waals surface area contributed by atoms with Gasteiger partial charge in [-0.25, -0.2) is 9.78 Å². The first-order valence-electron chi connectivity index (χ1n) is 11.3. The molecular formula is C28H24N2O4. The number of fused-ring (bicyclic) bond motifs is 2. The molecule has 6 heteroatoms. The predicted octanol–water partition coefficient (Wildman–Crippen LogP) is 5.81. The van der Waals surface area contributed by atoms with E-state index in [0.717, 1.165) is 46.4 Å². The molecule has 0 bridgehead atoms. The SMILES string of the molecule is Cc1cccc(NC(=O)COC(=O)c2c3c(nc4ccccc24)/C(=C\c2ccco2)CCC3)c1. The molecule has 1 amide bonds. The van der Waals surface area contributed by atoms with E-state index in [1.807, 2.05) is 67.6 Å². The van der Waals surface area contributed by atoms with Gasteiger partial charge in [0.1, 0.15) is 5.76 Å². The van der Waals surface area contributed by atoms with Gasteiger partial charge in [-0.15, -0.1) is 0 Å². The number of ether oxygens (including phenoxy) is 1. The second kappa shape index (κ2) is 9.35. The number of pyridine rings is 1. The Bertz CT molecular complexity index is 1400. The van der Waals surface area contributed by atoms with Gasteiger partial charge in [-0.2, -0.15) is 0 Å². The number of aromatic nitrogens is 1. The number of aryl methyl sites for hydroxylation is 1. The fourth-order valence-electron chi connectivity index (χ4n) is 4.38. The molecule has 34 heavy (non-hydrogen) atoms. The van der Waals surface area contributed by atoms with E-state index in [9.17, 15) is 9.59 Å². The normalized spacial score (nSPS) is 14.1. The second-order valence-electron chi connectivity index (χ2n) is 8.36. The Balaban J connectivity index is 1.45. The van der Waals surface area contributed by atoms with Crippen LogP contribution < -0.4 is 5.32 Å². The monoisotopic (exact) mass is 452 g/mol. The van der Waals surface area contributed by atoms with E-state index >= 15 is 0 Å². The molecule has 2 aromatic carbocycles. The first-order chi connectivity index (χ1) is 16.6. The fraction of sp³-hybridized carbons (Fsp3) is 0.179. The van der Waals surface area contributed by atoms with Gasteiger partial charge >= 0.3 is 5.97 Å². The number of anilines is 1. The molecule has 170 valence electrons. The fourth-order valence-corrected chi connectivity index (χ4v) is 4.38. The molecule has 0 spiro atoms. The zero-order valence-electron chi connectivity index (χ0n) is 18.8. The minimum Gasteiger partial charge on any atom is -0.465 e. The maximum absolute atomic E-state index is 13.3. The van der Waals surface area contributed by atoms with Gasteiger partial charge < -0.3 is 14.5 Å². The number of carbonyl (C=O) groups is 2. The van der Waals surface area contributed by atoms with Crippen molar-refractivity contribution in [3.8, 4) is 0 Å². The molecule has 2 aromatic heterocycles. The van der Waals surface area contributed by atoms with E-state index in [4.69, 9.17) is 14.1 Å². The molecule has 0 aliphatic heterocycles. The van der Waals surface area contributed by atoms with Gasteiger partial charge in [0.2, 0.25) is 0 Å². The third kappa shape index (κ3) is 4.48. The summed E-state index contributed by atoms with van der Waals surface area (Å²) in [6.45, 7) is 1.58. The second-order valence-corrected chi connectivity index (χ2v) is 8.36. The number of allylic oxidation sites excluding steroid dienone is 1. The molecule has 1 aliphatic rings. The van der Waals surface area contributed by atoms with E-state index in [0.29, 0.717) is 23.2 Å². The summed E-state index contributed by atoms with van der Waals surface area (Å²) >= 11 is 0. The van der Waals surface area contributed by atoms with Crippen LogP contribution in [0.15, 0.2) is 71.3 Å². The molecule has 0 atom stereocenters. The van der Waals surface area contributed by atoms with Crippen molar-refractivity contribution in [2.45, 2.75) is 26.2 Å². The number of hydrogen-bond acceptors (Lipinski definition) is 5. The molecule has 4 aromatic rings. The molecule has 0 saturated carbocycles. The average molecular weight is 453 g/mol. The van der Waals surface area contributed by atoms with Crippen LogP contribution in [-0.4, -0.2) is 23.5 Å². The first-order valence-corrected chi connectivity index (χ1v) is 11.3. The number of nitrogens with one attached hydrogen (secondary N) is 1. The van der Waals surface area contributed by atoms with Gasteiger partial charge in [0.05, 0.1) is 23.0 Å². The van der Waals surface area contributed by atoms with Gasteiger partial charge in [-0.3, -0.25) is 4.79 Å². The maximum atomic E-state index is 13.3. The van der Waals surface area contributed by atoms with Crippen LogP contribution in [0.5, 0.6) is 0 Å². The summed E-state index contributed by atoms with van der Waals surface area (Å²) in [4.78, 5) is 30.6. The standard InChI is InChI=1S/C28H24N2O4/c1-18-7-4-9-20(15-18)29-25(31)17-34-28(32)26-22-11-2-3-13-24(22)30-27-19(8-5-12-23(26)27)16-21-10-6-14-33-21/h2-4,6-7,9-11,13-16H,5,8,12,17H2,1H3,(H,29,31)/b19-16-. The maximum Gasteiger partial charge on any atom is 0.339 e. The third-order valence-corrected chi connectivity index (χ3v) is 5.87. The molecule has 1 aliphatic carbocycles. The van der Waals surface area contributed by atoms with Crippen molar-refractivity contribution in [2.24, 2.45) is 0 Å². The van der Waals surface area contributed by atoms with Gasteiger partial charge in [-0.05, 0) is 79.3 Å². The van der Waals surface area contributed by atoms with Crippen LogP contribution in [0.1, 0.15) is 45.8 Å². The van der Waals surface area contributed by atoms with Crippen molar-refractivity contribution in [1.29, 1.82) is 0 Å². The molecule has 5 rings (SSSR count). The zero-order valence-corrected chi connectivity index (χ0v) is 18.8. The number of amides is 1. The van der Waals surface area contributed by atoms with Gasteiger partial charge in [0, 0.05) is 11.1 Å². The summed E-state index contributed by atoms with van der Waals surface area (Å²) in [5, 5.41) is 3.50. The predicted molar refractivity (Wildman–Crippen MR) is 131 cm³/mol. The quantitative estimate of drug-likeness (QED) is 0.387. The molecule has 0 fully saturated rings. The Kier molecular flexibility index (Phi) is 5.95. The number of carbonyl (C=O) groups excluding carboxylic acids is 2. The lowest BCUT2D eigenvalue weighted by atomic mass is 9.86. The van der Waals surface area contributed by atoms with Crippen LogP contribution in [0.2, 0.25) is 0 Å². The number of benzene rings is 2. The highest BCUT2D eigenvalue weighted by atomic mass is 16.5. The zero-order chi connectivity index (χ0) is 23.5. The Hall–Kier alpha value is -4.19. The van der Waals surface area contributed by atoms with E-state index in [1.165, 1.54) is 0 Å². The smallest absolute Gasteiger partial charge is 0.339 e. The highest BCUT2D eigenvalue weighted by Crippen LogP contribution is 2.36. The van der Waals surface area contributed by atoms with Crippen LogP contribution in [0.25, 0.3) is 22.6 Å². The summed E-state index contributed by atoms with van der Waals surface area (Å²) in [7, 11) is 0. The Morgan fingerprint density at radius 3 is 2.79 bits per heavy atom. The Morgan fingerprint density at radius 1 is 1.09 bits per heavy atom. The number of nitrogens with zero attached hydrogens (tertiary/aromatic N) is 1. The summed E-state index contributed by atoms with van der Waals surface area (Å²) < 4.78 is 11.0. The van der Waals surface area contributed by atoms with Gasteiger partial charge in [-0.1, -0.05) is 30.3 Å². The number of esters is 1. The number of rotatable bonds is 5. The largest absolute Gasteiger partial charge is 0.465 e.